The van der Waals surface area contributed by atoms with E-state index in [0.717, 1.165) is 16.9 Å². The van der Waals surface area contributed by atoms with Gasteiger partial charge in [0.25, 0.3) is 0 Å². The SMILES string of the molecule is Cc1cc(S(=O)(=O)NCC2(O)CCOC2)sc1Cl. The molecule has 2 N–H and O–H groups in total. The predicted molar refractivity (Wildman–Crippen MR) is 69.6 cm³/mol. The maximum Gasteiger partial charge on any atom is 0.250 e. The van der Waals surface area contributed by atoms with E-state index in [1.54, 1.807) is 6.92 Å². The zero-order valence-corrected chi connectivity index (χ0v) is 12.2. The number of aliphatic hydroxyl groups is 1. The van der Waals surface area contributed by atoms with Gasteiger partial charge in [-0.3, -0.25) is 0 Å². The molecule has 0 aromatic carbocycles. The van der Waals surface area contributed by atoms with Gasteiger partial charge in [0.05, 0.1) is 10.9 Å². The van der Waals surface area contributed by atoms with Crippen molar-refractivity contribution in [3.05, 3.63) is 16.0 Å². The molecule has 1 aromatic rings. The van der Waals surface area contributed by atoms with Gasteiger partial charge < -0.3 is 9.84 Å². The molecule has 1 fully saturated rings. The van der Waals surface area contributed by atoms with Crippen molar-refractivity contribution in [2.75, 3.05) is 19.8 Å². The van der Waals surface area contributed by atoms with Crippen molar-refractivity contribution >= 4 is 33.0 Å². The molecule has 0 saturated carbocycles. The quantitative estimate of drug-likeness (QED) is 0.874. The van der Waals surface area contributed by atoms with Crippen LogP contribution in [0.25, 0.3) is 0 Å². The molecule has 2 heterocycles. The Morgan fingerprint density at radius 3 is 2.89 bits per heavy atom. The molecular formula is C10H14ClNO4S2. The molecule has 1 atom stereocenters. The Kier molecular flexibility index (Phi) is 4.01. The normalized spacial score (nSPS) is 24.6. The Morgan fingerprint density at radius 2 is 2.39 bits per heavy atom. The minimum absolute atomic E-state index is 0.0517. The van der Waals surface area contributed by atoms with Gasteiger partial charge in [-0.15, -0.1) is 11.3 Å². The van der Waals surface area contributed by atoms with Crippen LogP contribution in [0.1, 0.15) is 12.0 Å². The van der Waals surface area contributed by atoms with E-state index in [0.29, 0.717) is 17.4 Å². The summed E-state index contributed by atoms with van der Waals surface area (Å²) in [6.07, 6.45) is 0.430. The van der Waals surface area contributed by atoms with E-state index in [2.05, 4.69) is 4.72 Å². The zero-order chi connectivity index (χ0) is 13.4. The van der Waals surface area contributed by atoms with Gasteiger partial charge in [-0.2, -0.15) is 0 Å². The van der Waals surface area contributed by atoms with Gasteiger partial charge in [-0.25, -0.2) is 13.1 Å². The highest BCUT2D eigenvalue weighted by atomic mass is 35.5. The lowest BCUT2D eigenvalue weighted by molar-refractivity contribution is 0.0315. The fourth-order valence-corrected chi connectivity index (χ4v) is 4.47. The summed E-state index contributed by atoms with van der Waals surface area (Å²) in [5.74, 6) is 0. The number of aryl methyl sites for hydroxylation is 1. The number of rotatable bonds is 4. The van der Waals surface area contributed by atoms with Crippen LogP contribution in [-0.2, 0) is 14.8 Å². The Bertz CT molecular complexity index is 515. The molecule has 5 nitrogen and oxygen atoms in total. The van der Waals surface area contributed by atoms with Crippen molar-refractivity contribution in [1.82, 2.24) is 4.72 Å². The Morgan fingerprint density at radius 1 is 1.67 bits per heavy atom. The highest BCUT2D eigenvalue weighted by molar-refractivity contribution is 7.91. The van der Waals surface area contributed by atoms with Gasteiger partial charge in [0.1, 0.15) is 9.81 Å². The van der Waals surface area contributed by atoms with E-state index < -0.39 is 15.6 Å². The number of ether oxygens (including phenoxy) is 1. The second-order valence-corrected chi connectivity index (χ2v) is 8.02. The minimum Gasteiger partial charge on any atom is -0.386 e. The fourth-order valence-electron chi connectivity index (χ4n) is 1.60. The Hall–Kier alpha value is -0.180. The number of hydrogen-bond acceptors (Lipinski definition) is 5. The summed E-state index contributed by atoms with van der Waals surface area (Å²) in [5, 5.41) is 9.99. The first-order chi connectivity index (χ1) is 8.32. The van der Waals surface area contributed by atoms with E-state index in [1.165, 1.54) is 6.07 Å². The average molecular weight is 312 g/mol. The van der Waals surface area contributed by atoms with E-state index >= 15 is 0 Å². The number of nitrogens with one attached hydrogen (secondary N) is 1. The van der Waals surface area contributed by atoms with Crippen LogP contribution < -0.4 is 4.72 Å². The molecule has 0 spiro atoms. The lowest BCUT2D eigenvalue weighted by Gasteiger charge is -2.20. The largest absolute Gasteiger partial charge is 0.386 e. The van der Waals surface area contributed by atoms with E-state index in [9.17, 15) is 13.5 Å². The molecule has 102 valence electrons. The molecule has 0 amide bonds. The molecule has 1 aliphatic heterocycles. The van der Waals surface area contributed by atoms with Crippen LogP contribution >= 0.6 is 22.9 Å². The molecule has 18 heavy (non-hydrogen) atoms. The van der Waals surface area contributed by atoms with Crippen molar-refractivity contribution in [2.24, 2.45) is 0 Å². The molecule has 0 radical (unpaired) electrons. The molecule has 1 saturated heterocycles. The first kappa shape index (κ1) is 14.2. The van der Waals surface area contributed by atoms with Gasteiger partial charge in [-0.1, -0.05) is 11.6 Å². The molecule has 1 aromatic heterocycles. The maximum absolute atomic E-state index is 12.0. The van der Waals surface area contributed by atoms with Crippen molar-refractivity contribution in [2.45, 2.75) is 23.2 Å². The summed E-state index contributed by atoms with van der Waals surface area (Å²) in [4.78, 5) is 0. The third kappa shape index (κ3) is 3.04. The Labute approximate surface area is 115 Å². The predicted octanol–water partition coefficient (Wildman–Crippen LogP) is 1.14. The van der Waals surface area contributed by atoms with Gasteiger partial charge in [0.2, 0.25) is 10.0 Å². The zero-order valence-electron chi connectivity index (χ0n) is 9.77. The van der Waals surface area contributed by atoms with Gasteiger partial charge >= 0.3 is 0 Å². The third-order valence-electron chi connectivity index (χ3n) is 2.77. The lowest BCUT2D eigenvalue weighted by Crippen LogP contribution is -2.43. The fraction of sp³-hybridized carbons (Fsp3) is 0.600. The van der Waals surface area contributed by atoms with Gasteiger partial charge in [0.15, 0.2) is 0 Å². The summed E-state index contributed by atoms with van der Waals surface area (Å²) in [6.45, 7) is 2.29. The van der Waals surface area contributed by atoms with Crippen molar-refractivity contribution < 1.29 is 18.3 Å². The summed E-state index contributed by atoms with van der Waals surface area (Å²) in [5.41, 5.74) is -0.381. The van der Waals surface area contributed by atoms with Crippen LogP contribution in [0.15, 0.2) is 10.3 Å². The van der Waals surface area contributed by atoms with E-state index in [-0.39, 0.29) is 17.4 Å². The van der Waals surface area contributed by atoms with Crippen LogP contribution in [0.3, 0.4) is 0 Å². The first-order valence-corrected chi connectivity index (χ1v) is 8.06. The molecule has 1 aliphatic rings. The van der Waals surface area contributed by atoms with Crippen molar-refractivity contribution in [3.8, 4) is 0 Å². The van der Waals surface area contributed by atoms with Crippen molar-refractivity contribution in [3.63, 3.8) is 0 Å². The van der Waals surface area contributed by atoms with E-state index in [4.69, 9.17) is 16.3 Å². The maximum atomic E-state index is 12.0. The number of hydrogen-bond donors (Lipinski definition) is 2. The second-order valence-electron chi connectivity index (χ2n) is 4.37. The molecule has 2 rings (SSSR count). The summed E-state index contributed by atoms with van der Waals surface area (Å²) < 4.78 is 32.0. The summed E-state index contributed by atoms with van der Waals surface area (Å²) in [6, 6.07) is 1.52. The summed E-state index contributed by atoms with van der Waals surface area (Å²) >= 11 is 6.85. The number of halogens is 1. The smallest absolute Gasteiger partial charge is 0.250 e. The lowest BCUT2D eigenvalue weighted by atomic mass is 10.1. The summed E-state index contributed by atoms with van der Waals surface area (Å²) in [7, 11) is -3.62. The van der Waals surface area contributed by atoms with Gasteiger partial charge in [-0.05, 0) is 18.6 Å². The highest BCUT2D eigenvalue weighted by Gasteiger charge is 2.34. The third-order valence-corrected chi connectivity index (χ3v) is 6.20. The number of sulfonamides is 1. The minimum atomic E-state index is -3.62. The van der Waals surface area contributed by atoms with Crippen molar-refractivity contribution in [1.29, 1.82) is 0 Å². The van der Waals surface area contributed by atoms with Crippen LogP contribution in [0, 0.1) is 6.92 Å². The molecule has 0 bridgehead atoms. The number of thiophene rings is 1. The monoisotopic (exact) mass is 311 g/mol. The molecular weight excluding hydrogens is 298 g/mol. The van der Waals surface area contributed by atoms with Crippen LogP contribution in [0.4, 0.5) is 0 Å². The van der Waals surface area contributed by atoms with Gasteiger partial charge in [0, 0.05) is 19.6 Å². The van der Waals surface area contributed by atoms with Crippen LogP contribution in [-0.4, -0.2) is 38.9 Å². The van der Waals surface area contributed by atoms with Crippen LogP contribution in [0.2, 0.25) is 4.34 Å². The topological polar surface area (TPSA) is 75.6 Å². The Balaban J connectivity index is 2.08. The van der Waals surface area contributed by atoms with Crippen LogP contribution in [0.5, 0.6) is 0 Å². The second kappa shape index (κ2) is 5.07. The molecule has 8 heteroatoms. The highest BCUT2D eigenvalue weighted by Crippen LogP contribution is 2.30. The average Bonchev–Trinajstić information content (AvgIpc) is 2.86. The molecule has 1 unspecified atom stereocenters. The first-order valence-electron chi connectivity index (χ1n) is 5.38. The molecule has 0 aliphatic carbocycles. The van der Waals surface area contributed by atoms with E-state index in [1.807, 2.05) is 0 Å². The standard InChI is InChI=1S/C10H14ClNO4S2/c1-7-4-8(17-9(7)11)18(14,15)12-5-10(13)2-3-16-6-10/h4,12-13H,2-3,5-6H2,1H3.